The van der Waals surface area contributed by atoms with E-state index < -0.39 is 0 Å². The lowest BCUT2D eigenvalue weighted by Gasteiger charge is -2.18. The van der Waals surface area contributed by atoms with Crippen molar-refractivity contribution >= 4 is 5.95 Å². The second kappa shape index (κ2) is 9.63. The van der Waals surface area contributed by atoms with Crippen molar-refractivity contribution in [2.75, 3.05) is 25.6 Å². The Kier molecular flexibility index (Phi) is 7.13. The molecule has 124 valence electrons. The average molecular weight is 316 g/mol. The third kappa shape index (κ3) is 5.75. The standard InChI is InChI=1S/C17H24N4O2/c1-22-15-7-2-3-8-16(15)23-13-4-6-14(9-10-18)21-17-19-11-5-12-20-17/h2-3,5,7-8,11-12,14H,4,6,9-10,13,18H2,1H3,(H,19,20,21). The summed E-state index contributed by atoms with van der Waals surface area (Å²) in [6, 6.07) is 9.69. The second-order valence-corrected chi connectivity index (χ2v) is 5.13. The van der Waals surface area contributed by atoms with Gasteiger partial charge >= 0.3 is 0 Å². The predicted octanol–water partition coefficient (Wildman–Crippen LogP) is 2.47. The molecule has 2 rings (SSSR count). The number of nitrogens with two attached hydrogens (primary N) is 1. The molecule has 6 heteroatoms. The van der Waals surface area contributed by atoms with Gasteiger partial charge in [-0.05, 0) is 44.0 Å². The smallest absolute Gasteiger partial charge is 0.222 e. The zero-order valence-corrected chi connectivity index (χ0v) is 13.4. The Balaban J connectivity index is 1.78. The molecule has 0 fully saturated rings. The van der Waals surface area contributed by atoms with Crippen LogP contribution in [0.15, 0.2) is 42.7 Å². The molecule has 3 N–H and O–H groups in total. The molecule has 0 aliphatic carbocycles. The van der Waals surface area contributed by atoms with Crippen LogP contribution in [0.25, 0.3) is 0 Å². The number of rotatable bonds is 10. The van der Waals surface area contributed by atoms with Crippen molar-refractivity contribution in [3.8, 4) is 11.5 Å². The van der Waals surface area contributed by atoms with Crippen LogP contribution in [0.5, 0.6) is 11.5 Å². The van der Waals surface area contributed by atoms with Gasteiger partial charge in [0.05, 0.1) is 13.7 Å². The van der Waals surface area contributed by atoms with E-state index in [4.69, 9.17) is 15.2 Å². The number of ether oxygens (including phenoxy) is 2. The highest BCUT2D eigenvalue weighted by molar-refractivity contribution is 5.39. The summed E-state index contributed by atoms with van der Waals surface area (Å²) in [5, 5.41) is 3.32. The van der Waals surface area contributed by atoms with Gasteiger partial charge in [-0.2, -0.15) is 0 Å². The molecular weight excluding hydrogens is 292 g/mol. The molecule has 0 bridgehead atoms. The molecule has 23 heavy (non-hydrogen) atoms. The van der Waals surface area contributed by atoms with Gasteiger partial charge in [-0.1, -0.05) is 12.1 Å². The largest absolute Gasteiger partial charge is 0.493 e. The van der Waals surface area contributed by atoms with Crippen molar-refractivity contribution in [1.82, 2.24) is 9.97 Å². The maximum atomic E-state index is 5.79. The summed E-state index contributed by atoms with van der Waals surface area (Å²) in [4.78, 5) is 8.38. The molecule has 0 aliphatic rings. The normalized spacial score (nSPS) is 11.7. The number of para-hydroxylation sites is 2. The van der Waals surface area contributed by atoms with Crippen molar-refractivity contribution in [2.45, 2.75) is 25.3 Å². The lowest BCUT2D eigenvalue weighted by molar-refractivity contribution is 0.283. The van der Waals surface area contributed by atoms with Gasteiger partial charge in [-0.3, -0.25) is 0 Å². The number of nitrogens with zero attached hydrogens (tertiary/aromatic N) is 2. The summed E-state index contributed by atoms with van der Waals surface area (Å²) in [6.07, 6.45) is 6.15. The fraction of sp³-hybridized carbons (Fsp3) is 0.412. The molecular formula is C17H24N4O2. The van der Waals surface area contributed by atoms with E-state index in [1.165, 1.54) is 0 Å². The number of methoxy groups -OCH3 is 1. The fourth-order valence-electron chi connectivity index (χ4n) is 2.30. The van der Waals surface area contributed by atoms with Gasteiger partial charge in [0.1, 0.15) is 0 Å². The molecule has 0 radical (unpaired) electrons. The maximum absolute atomic E-state index is 5.79. The summed E-state index contributed by atoms with van der Waals surface area (Å²) in [7, 11) is 1.64. The van der Waals surface area contributed by atoms with Crippen LogP contribution in [-0.4, -0.2) is 36.3 Å². The Morgan fingerprint density at radius 2 is 1.83 bits per heavy atom. The van der Waals surface area contributed by atoms with Crippen LogP contribution < -0.4 is 20.5 Å². The molecule has 0 saturated heterocycles. The van der Waals surface area contributed by atoms with Crippen LogP contribution in [0.2, 0.25) is 0 Å². The van der Waals surface area contributed by atoms with E-state index in [2.05, 4.69) is 15.3 Å². The van der Waals surface area contributed by atoms with E-state index >= 15 is 0 Å². The van der Waals surface area contributed by atoms with Gasteiger partial charge in [-0.25, -0.2) is 9.97 Å². The highest BCUT2D eigenvalue weighted by Gasteiger charge is 2.09. The molecule has 0 spiro atoms. The van der Waals surface area contributed by atoms with E-state index in [1.807, 2.05) is 24.3 Å². The molecule has 1 aromatic carbocycles. The summed E-state index contributed by atoms with van der Waals surface area (Å²) < 4.78 is 11.1. The van der Waals surface area contributed by atoms with Crippen LogP contribution >= 0.6 is 0 Å². The van der Waals surface area contributed by atoms with Crippen molar-refractivity contribution < 1.29 is 9.47 Å². The number of hydrogen-bond acceptors (Lipinski definition) is 6. The van der Waals surface area contributed by atoms with Gasteiger partial charge in [0, 0.05) is 18.4 Å². The third-order valence-electron chi connectivity index (χ3n) is 3.44. The SMILES string of the molecule is COc1ccccc1OCCCC(CCN)Nc1ncccn1. The summed E-state index contributed by atoms with van der Waals surface area (Å²) in [5.74, 6) is 2.16. The van der Waals surface area contributed by atoms with Crippen LogP contribution in [0, 0.1) is 0 Å². The van der Waals surface area contributed by atoms with Gasteiger partial charge in [0.25, 0.3) is 0 Å². The predicted molar refractivity (Wildman–Crippen MR) is 90.8 cm³/mol. The van der Waals surface area contributed by atoms with Crippen LogP contribution in [-0.2, 0) is 0 Å². The Bertz CT molecular complexity index is 566. The van der Waals surface area contributed by atoms with Crippen LogP contribution in [0.1, 0.15) is 19.3 Å². The zero-order valence-electron chi connectivity index (χ0n) is 13.4. The number of anilines is 1. The highest BCUT2D eigenvalue weighted by Crippen LogP contribution is 2.25. The number of aromatic nitrogens is 2. The number of nitrogens with one attached hydrogen (secondary N) is 1. The van der Waals surface area contributed by atoms with Crippen molar-refractivity contribution in [3.63, 3.8) is 0 Å². The molecule has 1 heterocycles. The topological polar surface area (TPSA) is 82.3 Å². The van der Waals surface area contributed by atoms with E-state index in [9.17, 15) is 0 Å². The summed E-state index contributed by atoms with van der Waals surface area (Å²) in [5.41, 5.74) is 5.69. The highest BCUT2D eigenvalue weighted by atomic mass is 16.5. The van der Waals surface area contributed by atoms with Crippen molar-refractivity contribution in [3.05, 3.63) is 42.7 Å². The van der Waals surface area contributed by atoms with Crippen molar-refractivity contribution in [2.24, 2.45) is 5.73 Å². The second-order valence-electron chi connectivity index (χ2n) is 5.13. The van der Waals surface area contributed by atoms with Crippen molar-refractivity contribution in [1.29, 1.82) is 0 Å². The molecule has 1 unspecified atom stereocenters. The number of benzene rings is 1. The van der Waals surface area contributed by atoms with E-state index in [0.717, 1.165) is 30.8 Å². The quantitative estimate of drug-likeness (QED) is 0.655. The zero-order chi connectivity index (χ0) is 16.3. The van der Waals surface area contributed by atoms with E-state index in [-0.39, 0.29) is 6.04 Å². The minimum Gasteiger partial charge on any atom is -0.493 e. The third-order valence-corrected chi connectivity index (χ3v) is 3.44. The van der Waals surface area contributed by atoms with Gasteiger partial charge < -0.3 is 20.5 Å². The Morgan fingerprint density at radius 3 is 2.52 bits per heavy atom. The first kappa shape index (κ1) is 17.0. The molecule has 2 aromatic rings. The minimum atomic E-state index is 0.240. The molecule has 0 amide bonds. The maximum Gasteiger partial charge on any atom is 0.222 e. The Hall–Kier alpha value is -2.34. The molecule has 1 aromatic heterocycles. The lowest BCUT2D eigenvalue weighted by Crippen LogP contribution is -2.24. The summed E-state index contributed by atoms with van der Waals surface area (Å²) >= 11 is 0. The first-order valence-corrected chi connectivity index (χ1v) is 7.83. The molecule has 0 saturated carbocycles. The Morgan fingerprint density at radius 1 is 1.09 bits per heavy atom. The molecule has 6 nitrogen and oxygen atoms in total. The van der Waals surface area contributed by atoms with Gasteiger partial charge in [0.2, 0.25) is 5.95 Å². The van der Waals surface area contributed by atoms with Gasteiger partial charge in [0.15, 0.2) is 11.5 Å². The van der Waals surface area contributed by atoms with Gasteiger partial charge in [-0.15, -0.1) is 0 Å². The fourth-order valence-corrected chi connectivity index (χ4v) is 2.30. The monoisotopic (exact) mass is 316 g/mol. The first-order chi connectivity index (χ1) is 11.3. The summed E-state index contributed by atoms with van der Waals surface area (Å²) in [6.45, 7) is 1.25. The minimum absolute atomic E-state index is 0.240. The number of hydrogen-bond donors (Lipinski definition) is 2. The lowest BCUT2D eigenvalue weighted by atomic mass is 10.1. The van der Waals surface area contributed by atoms with Crippen LogP contribution in [0.4, 0.5) is 5.95 Å². The Labute approximate surface area is 137 Å². The van der Waals surface area contributed by atoms with E-state index in [0.29, 0.717) is 19.1 Å². The average Bonchev–Trinajstić information content (AvgIpc) is 2.60. The van der Waals surface area contributed by atoms with Crippen LogP contribution in [0.3, 0.4) is 0 Å². The molecule has 0 aliphatic heterocycles. The molecule has 1 atom stereocenters. The van der Waals surface area contributed by atoms with E-state index in [1.54, 1.807) is 25.6 Å². The first-order valence-electron chi connectivity index (χ1n) is 7.83.